The zero-order chi connectivity index (χ0) is 11.7. The molecule has 0 spiro atoms. The van der Waals surface area contributed by atoms with Gasteiger partial charge in [-0.25, -0.2) is 9.97 Å². The molecule has 86 valence electrons. The summed E-state index contributed by atoms with van der Waals surface area (Å²) in [7, 11) is 0. The van der Waals surface area contributed by atoms with E-state index < -0.39 is 0 Å². The summed E-state index contributed by atoms with van der Waals surface area (Å²) in [6, 6.07) is 10.5. The largest absolute Gasteiger partial charge is 0.368 e. The molecule has 0 saturated heterocycles. The van der Waals surface area contributed by atoms with Crippen LogP contribution in [0, 0.1) is 0 Å². The number of benzene rings is 1. The van der Waals surface area contributed by atoms with Gasteiger partial charge in [0.25, 0.3) is 0 Å². The lowest BCUT2D eigenvalue weighted by Crippen LogP contribution is -2.08. The standard InChI is InChI=1S/C14H15N3/c15-14-16-8-7-13(17-14)12-6-2-5-11(9-12)10-3-1-4-10/h2,5-10H,1,3-4H2,(H2,15,16,17). The predicted octanol–water partition coefficient (Wildman–Crippen LogP) is 2.99. The van der Waals surface area contributed by atoms with Gasteiger partial charge in [0.1, 0.15) is 0 Å². The van der Waals surface area contributed by atoms with Gasteiger partial charge in [0.05, 0.1) is 5.69 Å². The van der Waals surface area contributed by atoms with Crippen LogP contribution in [0.3, 0.4) is 0 Å². The Morgan fingerprint density at radius 3 is 2.76 bits per heavy atom. The van der Waals surface area contributed by atoms with Gasteiger partial charge in [-0.1, -0.05) is 24.6 Å². The molecule has 3 heteroatoms. The van der Waals surface area contributed by atoms with Crippen LogP contribution >= 0.6 is 0 Å². The van der Waals surface area contributed by atoms with Crippen LogP contribution in [0.4, 0.5) is 5.95 Å². The SMILES string of the molecule is Nc1nccc(-c2cccc(C3CCC3)c2)n1. The third-order valence-electron chi connectivity index (χ3n) is 3.43. The molecule has 1 saturated carbocycles. The first-order chi connectivity index (χ1) is 8.33. The van der Waals surface area contributed by atoms with Crippen LogP contribution in [0.2, 0.25) is 0 Å². The van der Waals surface area contributed by atoms with Crippen molar-refractivity contribution in [2.45, 2.75) is 25.2 Å². The van der Waals surface area contributed by atoms with Crippen LogP contribution in [0.5, 0.6) is 0 Å². The molecule has 0 bridgehead atoms. The van der Waals surface area contributed by atoms with Crippen molar-refractivity contribution in [3.63, 3.8) is 0 Å². The second kappa shape index (κ2) is 4.17. The Morgan fingerprint density at radius 1 is 1.18 bits per heavy atom. The van der Waals surface area contributed by atoms with E-state index in [9.17, 15) is 0 Å². The number of nitrogens with two attached hydrogens (primary N) is 1. The summed E-state index contributed by atoms with van der Waals surface area (Å²) in [5, 5.41) is 0. The minimum absolute atomic E-state index is 0.330. The predicted molar refractivity (Wildman–Crippen MR) is 68.5 cm³/mol. The highest BCUT2D eigenvalue weighted by molar-refractivity contribution is 5.61. The van der Waals surface area contributed by atoms with E-state index in [1.54, 1.807) is 6.20 Å². The molecule has 1 aliphatic carbocycles. The van der Waals surface area contributed by atoms with Crippen LogP contribution in [-0.2, 0) is 0 Å². The Balaban J connectivity index is 1.97. The van der Waals surface area contributed by atoms with Crippen molar-refractivity contribution >= 4 is 5.95 Å². The second-order valence-corrected chi connectivity index (χ2v) is 4.55. The molecule has 3 rings (SSSR count). The number of rotatable bonds is 2. The minimum Gasteiger partial charge on any atom is -0.368 e. The van der Waals surface area contributed by atoms with Gasteiger partial charge in [-0.15, -0.1) is 0 Å². The summed E-state index contributed by atoms with van der Waals surface area (Å²) >= 11 is 0. The fourth-order valence-corrected chi connectivity index (χ4v) is 2.23. The molecule has 3 nitrogen and oxygen atoms in total. The normalized spacial score (nSPS) is 15.5. The summed E-state index contributed by atoms with van der Waals surface area (Å²) in [6.07, 6.45) is 5.69. The lowest BCUT2D eigenvalue weighted by Gasteiger charge is -2.26. The van der Waals surface area contributed by atoms with E-state index in [0.717, 1.165) is 17.2 Å². The van der Waals surface area contributed by atoms with Crippen molar-refractivity contribution < 1.29 is 0 Å². The van der Waals surface area contributed by atoms with E-state index in [0.29, 0.717) is 5.95 Å². The molecule has 1 aromatic heterocycles. The summed E-state index contributed by atoms with van der Waals surface area (Å²) in [4.78, 5) is 8.17. The number of aromatic nitrogens is 2. The maximum absolute atomic E-state index is 5.61. The van der Waals surface area contributed by atoms with Crippen LogP contribution in [0.15, 0.2) is 36.5 Å². The van der Waals surface area contributed by atoms with Crippen molar-refractivity contribution in [1.82, 2.24) is 9.97 Å². The van der Waals surface area contributed by atoms with Crippen molar-refractivity contribution in [3.8, 4) is 11.3 Å². The van der Waals surface area contributed by atoms with Crippen molar-refractivity contribution in [1.29, 1.82) is 0 Å². The first-order valence-corrected chi connectivity index (χ1v) is 6.02. The molecule has 1 fully saturated rings. The highest BCUT2D eigenvalue weighted by Crippen LogP contribution is 2.37. The van der Waals surface area contributed by atoms with Crippen molar-refractivity contribution in [2.24, 2.45) is 0 Å². The number of hydrogen-bond donors (Lipinski definition) is 1. The third-order valence-corrected chi connectivity index (χ3v) is 3.43. The topological polar surface area (TPSA) is 51.8 Å². The molecule has 2 aromatic rings. The van der Waals surface area contributed by atoms with Gasteiger partial charge < -0.3 is 5.73 Å². The van der Waals surface area contributed by atoms with Gasteiger partial charge in [0.15, 0.2) is 0 Å². The lowest BCUT2D eigenvalue weighted by molar-refractivity contribution is 0.420. The number of anilines is 1. The fourth-order valence-electron chi connectivity index (χ4n) is 2.23. The first-order valence-electron chi connectivity index (χ1n) is 6.02. The second-order valence-electron chi connectivity index (χ2n) is 4.55. The maximum atomic E-state index is 5.61. The number of nitrogen functional groups attached to an aromatic ring is 1. The fraction of sp³-hybridized carbons (Fsp3) is 0.286. The average Bonchev–Trinajstić information content (AvgIpc) is 2.27. The zero-order valence-electron chi connectivity index (χ0n) is 9.63. The third kappa shape index (κ3) is 2.00. The Bertz CT molecular complexity index is 532. The summed E-state index contributed by atoms with van der Waals surface area (Å²) in [5.41, 5.74) is 9.06. The van der Waals surface area contributed by atoms with Gasteiger partial charge in [0, 0.05) is 11.8 Å². The molecule has 17 heavy (non-hydrogen) atoms. The van der Waals surface area contributed by atoms with Gasteiger partial charge in [-0.3, -0.25) is 0 Å². The van der Waals surface area contributed by atoms with E-state index >= 15 is 0 Å². The molecule has 0 unspecified atom stereocenters. The smallest absolute Gasteiger partial charge is 0.220 e. The Kier molecular flexibility index (Phi) is 2.52. The van der Waals surface area contributed by atoms with Crippen molar-refractivity contribution in [3.05, 3.63) is 42.1 Å². The molecule has 2 N–H and O–H groups in total. The number of hydrogen-bond acceptors (Lipinski definition) is 3. The van der Waals surface area contributed by atoms with Crippen molar-refractivity contribution in [2.75, 3.05) is 5.73 Å². The number of nitrogens with zero attached hydrogens (tertiary/aromatic N) is 2. The van der Waals surface area contributed by atoms with E-state index in [1.807, 2.05) is 6.07 Å². The van der Waals surface area contributed by atoms with E-state index in [-0.39, 0.29) is 0 Å². The van der Waals surface area contributed by atoms with Gasteiger partial charge in [-0.05, 0) is 36.5 Å². The Hall–Kier alpha value is -1.90. The van der Waals surface area contributed by atoms with E-state index in [4.69, 9.17) is 5.73 Å². The molecule has 1 aromatic carbocycles. The average molecular weight is 225 g/mol. The van der Waals surface area contributed by atoms with Gasteiger partial charge >= 0.3 is 0 Å². The van der Waals surface area contributed by atoms with E-state index in [1.165, 1.54) is 24.8 Å². The quantitative estimate of drug-likeness (QED) is 0.854. The molecular formula is C14H15N3. The lowest BCUT2D eigenvalue weighted by atomic mass is 9.79. The van der Waals surface area contributed by atoms with Gasteiger partial charge in [-0.2, -0.15) is 0 Å². The Labute approximate surface area is 101 Å². The minimum atomic E-state index is 0.330. The first kappa shape index (κ1) is 10.3. The highest BCUT2D eigenvalue weighted by atomic mass is 15.0. The maximum Gasteiger partial charge on any atom is 0.220 e. The zero-order valence-corrected chi connectivity index (χ0v) is 9.63. The molecule has 1 aliphatic rings. The van der Waals surface area contributed by atoms with Crippen LogP contribution < -0.4 is 5.73 Å². The summed E-state index contributed by atoms with van der Waals surface area (Å²) in [6.45, 7) is 0. The molecule has 0 radical (unpaired) electrons. The molecule has 0 aliphatic heterocycles. The van der Waals surface area contributed by atoms with Crippen LogP contribution in [-0.4, -0.2) is 9.97 Å². The molecule has 1 heterocycles. The highest BCUT2D eigenvalue weighted by Gasteiger charge is 2.19. The van der Waals surface area contributed by atoms with Crippen LogP contribution in [0.25, 0.3) is 11.3 Å². The summed E-state index contributed by atoms with van der Waals surface area (Å²) in [5.74, 6) is 1.07. The monoisotopic (exact) mass is 225 g/mol. The Morgan fingerprint density at radius 2 is 2.06 bits per heavy atom. The molecule has 0 amide bonds. The summed E-state index contributed by atoms with van der Waals surface area (Å²) < 4.78 is 0. The van der Waals surface area contributed by atoms with E-state index in [2.05, 4.69) is 34.2 Å². The van der Waals surface area contributed by atoms with Gasteiger partial charge in [0.2, 0.25) is 5.95 Å². The van der Waals surface area contributed by atoms with Crippen LogP contribution in [0.1, 0.15) is 30.7 Å². The molecular weight excluding hydrogens is 210 g/mol. The molecule has 0 atom stereocenters.